The highest BCUT2D eigenvalue weighted by molar-refractivity contribution is 6.01. The summed E-state index contributed by atoms with van der Waals surface area (Å²) in [7, 11) is 0. The van der Waals surface area contributed by atoms with Crippen LogP contribution in [0.1, 0.15) is 20.8 Å². The molecule has 1 unspecified atom stereocenters. The first-order valence-corrected chi connectivity index (χ1v) is 3.88. The fourth-order valence-electron chi connectivity index (χ4n) is 0.845. The zero-order chi connectivity index (χ0) is 10.0. The maximum Gasteiger partial charge on any atom is 0.223 e. The van der Waals surface area contributed by atoms with Gasteiger partial charge in [0.15, 0.2) is 0 Å². The average molecular weight is 183 g/mol. The highest BCUT2D eigenvalue weighted by atomic mass is 16.5. The molecule has 1 aliphatic rings. The van der Waals surface area contributed by atoms with Crippen molar-refractivity contribution in [3.05, 3.63) is 5.21 Å². The van der Waals surface area contributed by atoms with Gasteiger partial charge < -0.3 is 10.3 Å². The predicted octanol–water partition coefficient (Wildman–Crippen LogP) is 0.0563. The molecule has 1 rings (SSSR count). The Morgan fingerprint density at radius 3 is 2.77 bits per heavy atom. The summed E-state index contributed by atoms with van der Waals surface area (Å²) in [5.41, 5.74) is 0.629. The van der Waals surface area contributed by atoms with Crippen LogP contribution < -0.4 is 5.32 Å². The van der Waals surface area contributed by atoms with Crippen LogP contribution in [0.4, 0.5) is 0 Å². The number of nitrogens with zero attached hydrogens (tertiary/aromatic N) is 3. The minimum atomic E-state index is -0.376. The lowest BCUT2D eigenvalue weighted by atomic mass is 10.2. The fourth-order valence-corrected chi connectivity index (χ4v) is 0.845. The van der Waals surface area contributed by atoms with Gasteiger partial charge in [0.25, 0.3) is 0 Å². The smallest absolute Gasteiger partial charge is 0.223 e. The summed E-state index contributed by atoms with van der Waals surface area (Å²) in [6.45, 7) is 4.72. The highest BCUT2D eigenvalue weighted by Gasteiger charge is 2.17. The lowest BCUT2D eigenvalue weighted by Crippen LogP contribution is -2.48. The Morgan fingerprint density at radius 2 is 2.23 bits per heavy atom. The van der Waals surface area contributed by atoms with Crippen molar-refractivity contribution < 1.29 is 4.79 Å². The third kappa shape index (κ3) is 2.03. The number of nitrogens with one attached hydrogen (secondary N) is 1. The number of carbonyl (C=O) groups is 1. The van der Waals surface area contributed by atoms with Gasteiger partial charge in [-0.05, 0) is 13.8 Å². The normalized spacial score (nSPS) is 22.2. The Balaban J connectivity index is 2.80. The predicted molar refractivity (Wildman–Crippen MR) is 49.0 cm³/mol. The van der Waals surface area contributed by atoms with Crippen LogP contribution in [0, 0.1) is 5.21 Å². The molecule has 0 aromatic carbocycles. The molecule has 0 saturated carbocycles. The van der Waals surface area contributed by atoms with E-state index in [9.17, 15) is 10.0 Å². The van der Waals surface area contributed by atoms with Gasteiger partial charge in [0.2, 0.25) is 11.9 Å². The van der Waals surface area contributed by atoms with Gasteiger partial charge in [0.1, 0.15) is 0 Å². The van der Waals surface area contributed by atoms with E-state index in [1.54, 1.807) is 13.8 Å². The van der Waals surface area contributed by atoms with Gasteiger partial charge in [-0.1, -0.05) is 0 Å². The van der Waals surface area contributed by atoms with Crippen LogP contribution in [-0.4, -0.2) is 28.7 Å². The zero-order valence-electron chi connectivity index (χ0n) is 7.74. The van der Waals surface area contributed by atoms with Gasteiger partial charge in [-0.15, -0.1) is 5.10 Å². The third-order valence-corrected chi connectivity index (χ3v) is 1.76. The van der Waals surface area contributed by atoms with Crippen LogP contribution in [0.3, 0.4) is 0 Å². The molecular formula is C7H11N4O2-. The van der Waals surface area contributed by atoms with Crippen LogP contribution in [0.2, 0.25) is 0 Å². The first-order chi connectivity index (χ1) is 6.02. The number of rotatable bonds is 0. The summed E-state index contributed by atoms with van der Waals surface area (Å²) < 4.78 is 0. The molecule has 0 aromatic heterocycles. The second-order valence-electron chi connectivity index (χ2n) is 2.85. The first kappa shape index (κ1) is 9.66. The lowest BCUT2D eigenvalue weighted by Gasteiger charge is -2.38. The molecule has 6 heteroatoms. The molecule has 1 N–H and O–H groups in total. The van der Waals surface area contributed by atoms with Crippen LogP contribution >= 0.6 is 0 Å². The first-order valence-electron chi connectivity index (χ1n) is 3.88. The molecule has 13 heavy (non-hydrogen) atoms. The second kappa shape index (κ2) is 3.53. The molecule has 1 aliphatic heterocycles. The topological polar surface area (TPSA) is 80.1 Å². The van der Waals surface area contributed by atoms with Gasteiger partial charge in [0, 0.05) is 6.92 Å². The maximum absolute atomic E-state index is 11.4. The van der Waals surface area contributed by atoms with E-state index >= 15 is 0 Å². The van der Waals surface area contributed by atoms with Gasteiger partial charge in [0.05, 0.1) is 11.8 Å². The summed E-state index contributed by atoms with van der Waals surface area (Å²) in [5.74, 6) is -0.382. The summed E-state index contributed by atoms with van der Waals surface area (Å²) in [6, 6.07) is -0.376. The highest BCUT2D eigenvalue weighted by Crippen LogP contribution is 2.06. The number of amides is 1. The number of guanidine groups is 1. The van der Waals surface area contributed by atoms with Crippen molar-refractivity contribution in [2.45, 2.75) is 26.8 Å². The van der Waals surface area contributed by atoms with Crippen molar-refractivity contribution in [1.82, 2.24) is 10.4 Å². The van der Waals surface area contributed by atoms with E-state index in [1.807, 2.05) is 0 Å². The average Bonchev–Trinajstić information content (AvgIpc) is 2.06. The van der Waals surface area contributed by atoms with Crippen LogP contribution in [0.5, 0.6) is 0 Å². The quantitative estimate of drug-likeness (QED) is 0.576. The molecule has 0 saturated heterocycles. The summed E-state index contributed by atoms with van der Waals surface area (Å²) >= 11 is 0. The van der Waals surface area contributed by atoms with Gasteiger partial charge in [-0.2, -0.15) is 5.10 Å². The Morgan fingerprint density at radius 1 is 1.62 bits per heavy atom. The number of hydrogen-bond acceptors (Lipinski definition) is 5. The number of hydrogen-bond donors (Lipinski definition) is 1. The molecule has 1 amide bonds. The van der Waals surface area contributed by atoms with E-state index in [4.69, 9.17) is 0 Å². The number of hydroxylamine groups is 2. The lowest BCUT2D eigenvalue weighted by molar-refractivity contribution is -0.117. The van der Waals surface area contributed by atoms with E-state index in [-0.39, 0.29) is 17.9 Å². The van der Waals surface area contributed by atoms with E-state index in [2.05, 4.69) is 15.5 Å². The second-order valence-corrected chi connectivity index (χ2v) is 2.85. The van der Waals surface area contributed by atoms with E-state index < -0.39 is 0 Å². The zero-order valence-corrected chi connectivity index (χ0v) is 7.74. The molecular weight excluding hydrogens is 172 g/mol. The number of carbonyl (C=O) groups excluding carboxylic acids is 1. The fraction of sp³-hybridized carbons (Fsp3) is 0.571. The van der Waals surface area contributed by atoms with Crippen LogP contribution in [0.15, 0.2) is 10.2 Å². The molecule has 0 fully saturated rings. The molecule has 6 nitrogen and oxygen atoms in total. The van der Waals surface area contributed by atoms with E-state index in [0.29, 0.717) is 10.8 Å². The summed E-state index contributed by atoms with van der Waals surface area (Å²) in [5, 5.41) is 21.6. The minimum Gasteiger partial charge on any atom is -0.756 e. The molecule has 1 atom stereocenters. The Kier molecular flexibility index (Phi) is 2.62. The van der Waals surface area contributed by atoms with Gasteiger partial charge in [-0.3, -0.25) is 10.1 Å². The van der Waals surface area contributed by atoms with Crippen molar-refractivity contribution in [3.63, 3.8) is 0 Å². The molecule has 0 aliphatic carbocycles. The van der Waals surface area contributed by atoms with E-state index in [0.717, 1.165) is 0 Å². The third-order valence-electron chi connectivity index (χ3n) is 1.76. The molecule has 0 spiro atoms. The maximum atomic E-state index is 11.4. The van der Waals surface area contributed by atoms with Crippen molar-refractivity contribution in [3.8, 4) is 0 Å². The minimum absolute atomic E-state index is 0.0504. The summed E-state index contributed by atoms with van der Waals surface area (Å²) in [4.78, 5) is 10.6. The largest absolute Gasteiger partial charge is 0.756 e. The SMILES string of the molecule is CC(=O)NC1=NN=C(C)C(C)N1[O-]. The van der Waals surface area contributed by atoms with Crippen LogP contribution in [0.25, 0.3) is 0 Å². The van der Waals surface area contributed by atoms with Crippen molar-refractivity contribution in [2.24, 2.45) is 10.2 Å². The van der Waals surface area contributed by atoms with Crippen molar-refractivity contribution in [1.29, 1.82) is 0 Å². The molecule has 0 aromatic rings. The van der Waals surface area contributed by atoms with Crippen LogP contribution in [-0.2, 0) is 4.79 Å². The molecule has 0 radical (unpaired) electrons. The monoisotopic (exact) mass is 183 g/mol. The molecule has 72 valence electrons. The summed E-state index contributed by atoms with van der Waals surface area (Å²) in [6.07, 6.45) is 0. The Bertz CT molecular complexity index is 284. The Labute approximate surface area is 75.9 Å². The Hall–Kier alpha value is -1.43. The van der Waals surface area contributed by atoms with Crippen molar-refractivity contribution in [2.75, 3.05) is 0 Å². The molecule has 0 bridgehead atoms. The van der Waals surface area contributed by atoms with Crippen molar-refractivity contribution >= 4 is 17.6 Å². The van der Waals surface area contributed by atoms with Gasteiger partial charge in [-0.25, -0.2) is 0 Å². The molecule has 1 heterocycles. The van der Waals surface area contributed by atoms with Gasteiger partial charge >= 0.3 is 0 Å². The standard InChI is InChI=1S/C7H11N4O2/c1-4-5(2)11(13)7(10-9-4)8-6(3)12/h5H,1-3H3,(H,8,10,12)/q-1. The van der Waals surface area contributed by atoms with E-state index in [1.165, 1.54) is 6.92 Å².